The van der Waals surface area contributed by atoms with E-state index in [0.29, 0.717) is 52.7 Å². The Hall–Kier alpha value is -2.70. The summed E-state index contributed by atoms with van der Waals surface area (Å²) in [4.78, 5) is 31.4. The number of aromatic carboxylic acids is 1. The first kappa shape index (κ1) is 19.6. The standard InChI is InChI=1S/C21H19Cl2N3O3/c22-13-2-1-3-15(10-13)25-6-8-26(9-7-25)19(27)12-17-16-11-14(23)4-5-18(16)24-20(17)21(28)29/h1-5,10-11,24H,6-9,12H2,(H,28,29). The van der Waals surface area contributed by atoms with E-state index < -0.39 is 5.97 Å². The Bertz CT molecular complexity index is 1090. The fraction of sp³-hybridized carbons (Fsp3) is 0.238. The number of aromatic amines is 1. The Morgan fingerprint density at radius 1 is 1.00 bits per heavy atom. The van der Waals surface area contributed by atoms with Crippen LogP contribution in [-0.4, -0.2) is 53.0 Å². The normalized spacial score (nSPS) is 14.4. The maximum atomic E-state index is 12.9. The van der Waals surface area contributed by atoms with Crippen LogP contribution in [0.25, 0.3) is 10.9 Å². The number of benzene rings is 2. The van der Waals surface area contributed by atoms with Crippen molar-refractivity contribution in [2.75, 3.05) is 31.1 Å². The lowest BCUT2D eigenvalue weighted by Gasteiger charge is -2.36. The molecule has 0 unspecified atom stereocenters. The van der Waals surface area contributed by atoms with Gasteiger partial charge in [0.15, 0.2) is 0 Å². The van der Waals surface area contributed by atoms with Crippen molar-refractivity contribution < 1.29 is 14.7 Å². The predicted octanol–water partition coefficient (Wildman–Crippen LogP) is 4.06. The van der Waals surface area contributed by atoms with Crippen LogP contribution in [0.3, 0.4) is 0 Å². The number of H-pyrrole nitrogens is 1. The molecule has 0 radical (unpaired) electrons. The highest BCUT2D eigenvalue weighted by Gasteiger charge is 2.25. The number of nitrogens with zero attached hydrogens (tertiary/aromatic N) is 2. The Kier molecular flexibility index (Phi) is 5.39. The van der Waals surface area contributed by atoms with Gasteiger partial charge in [-0.1, -0.05) is 29.3 Å². The fourth-order valence-corrected chi connectivity index (χ4v) is 4.09. The number of halogens is 2. The summed E-state index contributed by atoms with van der Waals surface area (Å²) in [6, 6.07) is 12.8. The third kappa shape index (κ3) is 4.04. The van der Waals surface area contributed by atoms with Crippen molar-refractivity contribution in [3.63, 3.8) is 0 Å². The number of nitrogens with one attached hydrogen (secondary N) is 1. The molecule has 1 aromatic heterocycles. The van der Waals surface area contributed by atoms with Gasteiger partial charge in [0.05, 0.1) is 6.42 Å². The Morgan fingerprint density at radius 2 is 1.72 bits per heavy atom. The molecule has 1 fully saturated rings. The molecule has 2 heterocycles. The van der Waals surface area contributed by atoms with E-state index >= 15 is 0 Å². The van der Waals surface area contributed by atoms with E-state index in [1.165, 1.54) is 0 Å². The van der Waals surface area contributed by atoms with Gasteiger partial charge in [-0.15, -0.1) is 0 Å². The smallest absolute Gasteiger partial charge is 0.352 e. The van der Waals surface area contributed by atoms with Crippen LogP contribution in [0.1, 0.15) is 16.1 Å². The second kappa shape index (κ2) is 7.97. The maximum absolute atomic E-state index is 12.9. The number of carboxylic acid groups (broad SMARTS) is 1. The van der Waals surface area contributed by atoms with Crippen LogP contribution in [0.2, 0.25) is 10.0 Å². The minimum atomic E-state index is -1.09. The summed E-state index contributed by atoms with van der Waals surface area (Å²) in [5, 5.41) is 11.4. The summed E-state index contributed by atoms with van der Waals surface area (Å²) < 4.78 is 0. The molecule has 3 aromatic rings. The van der Waals surface area contributed by atoms with E-state index in [2.05, 4.69) is 9.88 Å². The fourth-order valence-electron chi connectivity index (χ4n) is 3.74. The van der Waals surface area contributed by atoms with Crippen molar-refractivity contribution in [1.82, 2.24) is 9.88 Å². The second-order valence-electron chi connectivity index (χ2n) is 7.00. The zero-order valence-electron chi connectivity index (χ0n) is 15.5. The lowest BCUT2D eigenvalue weighted by atomic mass is 10.1. The highest BCUT2D eigenvalue weighted by Crippen LogP contribution is 2.27. The molecular formula is C21H19Cl2N3O3. The van der Waals surface area contributed by atoms with Crippen LogP contribution in [0, 0.1) is 0 Å². The maximum Gasteiger partial charge on any atom is 0.352 e. The highest BCUT2D eigenvalue weighted by molar-refractivity contribution is 6.31. The molecule has 2 aromatic carbocycles. The summed E-state index contributed by atoms with van der Waals surface area (Å²) in [5.41, 5.74) is 2.19. The number of hydrogen-bond donors (Lipinski definition) is 2. The van der Waals surface area contributed by atoms with Crippen LogP contribution < -0.4 is 4.90 Å². The highest BCUT2D eigenvalue weighted by atomic mass is 35.5. The number of aromatic nitrogens is 1. The van der Waals surface area contributed by atoms with Gasteiger partial charge >= 0.3 is 5.97 Å². The van der Waals surface area contributed by atoms with Crippen LogP contribution in [-0.2, 0) is 11.2 Å². The molecule has 1 aliphatic rings. The Balaban J connectivity index is 1.50. The molecule has 0 atom stereocenters. The number of anilines is 1. The van der Waals surface area contributed by atoms with Gasteiger partial charge in [0, 0.05) is 58.4 Å². The molecule has 0 spiro atoms. The number of piperazine rings is 1. The summed E-state index contributed by atoms with van der Waals surface area (Å²) in [6.07, 6.45) is 0.0130. The van der Waals surface area contributed by atoms with Crippen molar-refractivity contribution in [3.05, 3.63) is 63.8 Å². The number of rotatable bonds is 4. The average Bonchev–Trinajstić information content (AvgIpc) is 3.06. The summed E-state index contributed by atoms with van der Waals surface area (Å²) in [7, 11) is 0. The minimum absolute atomic E-state index is 0.0130. The van der Waals surface area contributed by atoms with Gasteiger partial charge in [-0.25, -0.2) is 4.79 Å². The number of amides is 1. The molecular weight excluding hydrogens is 413 g/mol. The average molecular weight is 432 g/mol. The predicted molar refractivity (Wildman–Crippen MR) is 114 cm³/mol. The summed E-state index contributed by atoms with van der Waals surface area (Å²) in [6.45, 7) is 2.52. The Morgan fingerprint density at radius 3 is 2.41 bits per heavy atom. The minimum Gasteiger partial charge on any atom is -0.477 e. The Labute approximate surface area is 177 Å². The number of hydrogen-bond acceptors (Lipinski definition) is 3. The van der Waals surface area contributed by atoms with Gasteiger partial charge in [0.1, 0.15) is 5.69 Å². The molecule has 150 valence electrons. The largest absolute Gasteiger partial charge is 0.477 e. The van der Waals surface area contributed by atoms with E-state index in [-0.39, 0.29) is 18.0 Å². The molecule has 2 N–H and O–H groups in total. The van der Waals surface area contributed by atoms with Gasteiger partial charge in [0.25, 0.3) is 0 Å². The number of fused-ring (bicyclic) bond motifs is 1. The quantitative estimate of drug-likeness (QED) is 0.652. The molecule has 0 saturated carbocycles. The first-order valence-corrected chi connectivity index (χ1v) is 9.99. The number of carbonyl (C=O) groups is 2. The van der Waals surface area contributed by atoms with Gasteiger partial charge in [-0.3, -0.25) is 4.79 Å². The van der Waals surface area contributed by atoms with Crippen molar-refractivity contribution in [2.24, 2.45) is 0 Å². The van der Waals surface area contributed by atoms with Gasteiger partial charge < -0.3 is 19.9 Å². The summed E-state index contributed by atoms with van der Waals surface area (Å²) in [5.74, 6) is -1.19. The molecule has 1 saturated heterocycles. The van der Waals surface area contributed by atoms with Crippen molar-refractivity contribution in [3.8, 4) is 0 Å². The van der Waals surface area contributed by atoms with Crippen LogP contribution >= 0.6 is 23.2 Å². The lowest BCUT2D eigenvalue weighted by molar-refractivity contribution is -0.130. The SMILES string of the molecule is O=C(O)c1[nH]c2ccc(Cl)cc2c1CC(=O)N1CCN(c2cccc(Cl)c2)CC1. The van der Waals surface area contributed by atoms with Crippen LogP contribution in [0.15, 0.2) is 42.5 Å². The van der Waals surface area contributed by atoms with E-state index in [9.17, 15) is 14.7 Å². The molecule has 0 aliphatic carbocycles. The molecule has 1 aliphatic heterocycles. The molecule has 29 heavy (non-hydrogen) atoms. The number of carboxylic acids is 1. The molecule has 0 bridgehead atoms. The second-order valence-corrected chi connectivity index (χ2v) is 7.87. The zero-order chi connectivity index (χ0) is 20.5. The van der Waals surface area contributed by atoms with Gasteiger partial charge in [0.2, 0.25) is 5.91 Å². The monoisotopic (exact) mass is 431 g/mol. The molecule has 8 heteroatoms. The van der Waals surface area contributed by atoms with Crippen LogP contribution in [0.4, 0.5) is 5.69 Å². The third-order valence-electron chi connectivity index (χ3n) is 5.22. The van der Waals surface area contributed by atoms with Crippen molar-refractivity contribution in [2.45, 2.75) is 6.42 Å². The van der Waals surface area contributed by atoms with Gasteiger partial charge in [-0.05, 0) is 36.4 Å². The van der Waals surface area contributed by atoms with E-state index in [0.717, 1.165) is 5.69 Å². The lowest BCUT2D eigenvalue weighted by Crippen LogP contribution is -2.49. The van der Waals surface area contributed by atoms with E-state index in [1.807, 2.05) is 24.3 Å². The van der Waals surface area contributed by atoms with E-state index in [4.69, 9.17) is 23.2 Å². The molecule has 4 rings (SSSR count). The van der Waals surface area contributed by atoms with Crippen molar-refractivity contribution in [1.29, 1.82) is 0 Å². The topological polar surface area (TPSA) is 76.6 Å². The third-order valence-corrected chi connectivity index (χ3v) is 5.69. The zero-order valence-corrected chi connectivity index (χ0v) is 17.0. The van der Waals surface area contributed by atoms with Crippen LogP contribution in [0.5, 0.6) is 0 Å². The van der Waals surface area contributed by atoms with Crippen molar-refractivity contribution >= 4 is 51.7 Å². The number of carbonyl (C=O) groups excluding carboxylic acids is 1. The van der Waals surface area contributed by atoms with E-state index in [1.54, 1.807) is 23.1 Å². The first-order chi connectivity index (χ1) is 13.9. The van der Waals surface area contributed by atoms with Gasteiger partial charge in [-0.2, -0.15) is 0 Å². The molecule has 1 amide bonds. The first-order valence-electron chi connectivity index (χ1n) is 9.24. The molecule has 6 nitrogen and oxygen atoms in total. The summed E-state index contributed by atoms with van der Waals surface area (Å²) >= 11 is 12.1.